The molecule has 2 aliphatic rings. The van der Waals surface area contributed by atoms with Crippen molar-refractivity contribution in [1.29, 1.82) is 0 Å². The molecule has 0 aromatic heterocycles. The topological polar surface area (TPSA) is 59.3 Å². The van der Waals surface area contributed by atoms with Crippen LogP contribution < -0.4 is 21.3 Å². The van der Waals surface area contributed by atoms with Crippen LogP contribution in [0.25, 0.3) is 0 Å². The number of hydrogen-bond acceptors (Lipinski definition) is 4. The van der Waals surface area contributed by atoms with Gasteiger partial charge in [-0.15, -0.1) is 0 Å². The van der Waals surface area contributed by atoms with E-state index in [4.69, 9.17) is 10.5 Å². The molecule has 2 aliphatic carbocycles. The highest BCUT2D eigenvalue weighted by Gasteiger charge is 2.44. The van der Waals surface area contributed by atoms with Crippen LogP contribution in [-0.2, 0) is 5.54 Å². The third kappa shape index (κ3) is 3.97. The van der Waals surface area contributed by atoms with Crippen molar-refractivity contribution >= 4 is 0 Å². The molecule has 1 aromatic rings. The molecule has 122 valence electrons. The maximum absolute atomic E-state index is 13.9. The summed E-state index contributed by atoms with van der Waals surface area (Å²) in [7, 11) is 0. The van der Waals surface area contributed by atoms with E-state index in [1.165, 1.54) is 18.9 Å². The normalized spacial score (nSPS) is 19.2. The van der Waals surface area contributed by atoms with E-state index in [0.717, 1.165) is 44.3 Å². The Morgan fingerprint density at radius 2 is 2.09 bits per heavy atom. The molecule has 2 saturated carbocycles. The first kappa shape index (κ1) is 15.7. The van der Waals surface area contributed by atoms with Gasteiger partial charge in [0.05, 0.1) is 12.1 Å². The minimum atomic E-state index is -0.267. The number of ether oxygens (including phenoxy) is 1. The van der Waals surface area contributed by atoms with E-state index in [0.29, 0.717) is 18.3 Å². The van der Waals surface area contributed by atoms with Gasteiger partial charge in [0.1, 0.15) is 0 Å². The molecule has 0 atom stereocenters. The molecule has 0 bridgehead atoms. The fraction of sp³-hybridized carbons (Fsp3) is 0.647. The van der Waals surface area contributed by atoms with E-state index >= 15 is 0 Å². The van der Waals surface area contributed by atoms with Gasteiger partial charge in [-0.1, -0.05) is 6.07 Å². The van der Waals surface area contributed by atoms with Gasteiger partial charge in [0.2, 0.25) is 0 Å². The molecule has 0 unspecified atom stereocenters. The summed E-state index contributed by atoms with van der Waals surface area (Å²) in [5.41, 5.74) is 13.2. The average Bonchev–Trinajstić information content (AvgIpc) is 3.42. The lowest BCUT2D eigenvalue weighted by molar-refractivity contribution is 0.284. The highest BCUT2D eigenvalue weighted by atomic mass is 19.1. The van der Waals surface area contributed by atoms with Gasteiger partial charge in [-0.25, -0.2) is 9.82 Å². The Hall–Kier alpha value is -1.17. The van der Waals surface area contributed by atoms with Crippen molar-refractivity contribution in [3.05, 3.63) is 29.6 Å². The number of hydrazine groups is 1. The van der Waals surface area contributed by atoms with Crippen molar-refractivity contribution < 1.29 is 9.13 Å². The predicted molar refractivity (Wildman–Crippen MR) is 85.0 cm³/mol. The van der Waals surface area contributed by atoms with Crippen molar-refractivity contribution in [2.24, 2.45) is 11.7 Å². The zero-order valence-corrected chi connectivity index (χ0v) is 13.0. The monoisotopic (exact) mass is 307 g/mol. The van der Waals surface area contributed by atoms with E-state index in [9.17, 15) is 4.39 Å². The largest absolute Gasteiger partial charge is 0.490 e. The molecule has 0 amide bonds. The molecular formula is C17H26FN3O. The van der Waals surface area contributed by atoms with Crippen molar-refractivity contribution in [3.8, 4) is 5.75 Å². The van der Waals surface area contributed by atoms with Crippen LogP contribution in [0.1, 0.15) is 44.1 Å². The summed E-state index contributed by atoms with van der Waals surface area (Å²) >= 11 is 0. The summed E-state index contributed by atoms with van der Waals surface area (Å²) in [6, 6.07) is 5.24. The molecule has 4 N–H and O–H groups in total. The van der Waals surface area contributed by atoms with E-state index < -0.39 is 0 Å². The first-order valence-electron chi connectivity index (χ1n) is 8.36. The molecular weight excluding hydrogens is 281 g/mol. The number of halogens is 1. The third-order valence-electron chi connectivity index (χ3n) is 4.49. The van der Waals surface area contributed by atoms with Crippen molar-refractivity contribution in [2.45, 2.75) is 44.1 Å². The van der Waals surface area contributed by atoms with Crippen LogP contribution in [0, 0.1) is 11.7 Å². The molecule has 0 aliphatic heterocycles. The highest BCUT2D eigenvalue weighted by molar-refractivity contribution is 5.37. The zero-order valence-electron chi connectivity index (χ0n) is 13.0. The second kappa shape index (κ2) is 6.94. The van der Waals surface area contributed by atoms with Crippen LogP contribution in [0.15, 0.2) is 18.2 Å². The molecule has 22 heavy (non-hydrogen) atoms. The summed E-state index contributed by atoms with van der Waals surface area (Å²) in [5.74, 6) is 0.747. The van der Waals surface area contributed by atoms with E-state index in [-0.39, 0.29) is 11.4 Å². The van der Waals surface area contributed by atoms with Crippen LogP contribution in [0.2, 0.25) is 0 Å². The molecule has 4 nitrogen and oxygen atoms in total. The SMILES string of the molecule is NCCCCNNC1(c2ccc(F)c(OCC3CC3)c2)CC1. The lowest BCUT2D eigenvalue weighted by Crippen LogP contribution is -2.41. The highest BCUT2D eigenvalue weighted by Crippen LogP contribution is 2.46. The molecule has 1 aromatic carbocycles. The molecule has 5 heteroatoms. The maximum atomic E-state index is 13.9. The Morgan fingerprint density at radius 3 is 2.77 bits per heavy atom. The fourth-order valence-electron chi connectivity index (χ4n) is 2.60. The quantitative estimate of drug-likeness (QED) is 0.459. The van der Waals surface area contributed by atoms with Crippen molar-refractivity contribution in [2.75, 3.05) is 19.7 Å². The number of nitrogens with two attached hydrogens (primary N) is 1. The summed E-state index contributed by atoms with van der Waals surface area (Å²) < 4.78 is 19.5. The van der Waals surface area contributed by atoms with Crippen LogP contribution >= 0.6 is 0 Å². The lowest BCUT2D eigenvalue weighted by atomic mass is 10.1. The van der Waals surface area contributed by atoms with E-state index in [2.05, 4.69) is 10.9 Å². The van der Waals surface area contributed by atoms with Gasteiger partial charge in [0.25, 0.3) is 0 Å². The van der Waals surface area contributed by atoms with Crippen LogP contribution in [0.3, 0.4) is 0 Å². The van der Waals surface area contributed by atoms with Gasteiger partial charge >= 0.3 is 0 Å². The number of unbranched alkanes of at least 4 members (excludes halogenated alkanes) is 1. The zero-order chi connectivity index (χ0) is 15.4. The first-order chi connectivity index (χ1) is 10.7. The summed E-state index contributed by atoms with van der Waals surface area (Å²) in [6.45, 7) is 2.26. The standard InChI is InChI=1S/C17H26FN3O/c18-15-6-5-14(11-16(15)22-12-13-3-4-13)17(7-8-17)21-20-10-2-1-9-19/h5-6,11,13,20-21H,1-4,7-10,12,19H2. The van der Waals surface area contributed by atoms with Gasteiger partial charge < -0.3 is 10.5 Å². The smallest absolute Gasteiger partial charge is 0.165 e. The van der Waals surface area contributed by atoms with Gasteiger partial charge in [-0.3, -0.25) is 5.43 Å². The summed E-state index contributed by atoms with van der Waals surface area (Å²) in [6.07, 6.45) is 6.62. The molecule has 0 saturated heterocycles. The van der Waals surface area contributed by atoms with Crippen molar-refractivity contribution in [1.82, 2.24) is 10.9 Å². The lowest BCUT2D eigenvalue weighted by Gasteiger charge is -2.20. The van der Waals surface area contributed by atoms with E-state index in [1.54, 1.807) is 0 Å². The van der Waals surface area contributed by atoms with Crippen LogP contribution in [0.4, 0.5) is 4.39 Å². The van der Waals surface area contributed by atoms with Gasteiger partial charge in [-0.05, 0) is 68.7 Å². The Balaban J connectivity index is 1.56. The molecule has 0 radical (unpaired) electrons. The Bertz CT molecular complexity index is 501. The Labute approximate surface area is 131 Å². The average molecular weight is 307 g/mol. The number of hydrogen-bond donors (Lipinski definition) is 3. The van der Waals surface area contributed by atoms with Gasteiger partial charge in [0.15, 0.2) is 11.6 Å². The minimum absolute atomic E-state index is 0.0614. The second-order valence-corrected chi connectivity index (χ2v) is 6.53. The first-order valence-corrected chi connectivity index (χ1v) is 8.36. The fourth-order valence-corrected chi connectivity index (χ4v) is 2.60. The van der Waals surface area contributed by atoms with Crippen LogP contribution in [0.5, 0.6) is 5.75 Å². The third-order valence-corrected chi connectivity index (χ3v) is 4.49. The predicted octanol–water partition coefficient (Wildman–Crippen LogP) is 2.44. The number of nitrogens with one attached hydrogen (secondary N) is 2. The molecule has 0 spiro atoms. The summed E-state index contributed by atoms with van der Waals surface area (Å²) in [4.78, 5) is 0. The number of benzene rings is 1. The van der Waals surface area contributed by atoms with Crippen LogP contribution in [-0.4, -0.2) is 19.7 Å². The molecule has 2 fully saturated rings. The second-order valence-electron chi connectivity index (χ2n) is 6.53. The Kier molecular flexibility index (Phi) is 4.96. The van der Waals surface area contributed by atoms with Crippen molar-refractivity contribution in [3.63, 3.8) is 0 Å². The van der Waals surface area contributed by atoms with Gasteiger partial charge in [-0.2, -0.15) is 0 Å². The number of rotatable bonds is 10. The molecule has 0 heterocycles. The molecule has 3 rings (SSSR count). The van der Waals surface area contributed by atoms with E-state index in [1.807, 2.05) is 12.1 Å². The van der Waals surface area contributed by atoms with Gasteiger partial charge in [0, 0.05) is 6.54 Å². The Morgan fingerprint density at radius 1 is 1.27 bits per heavy atom. The summed E-state index contributed by atoms with van der Waals surface area (Å²) in [5, 5.41) is 0. The maximum Gasteiger partial charge on any atom is 0.165 e. The minimum Gasteiger partial charge on any atom is -0.490 e.